The first kappa shape index (κ1) is 23.3. The van der Waals surface area contributed by atoms with E-state index in [4.69, 9.17) is 11.5 Å². The number of primary amides is 1. The van der Waals surface area contributed by atoms with E-state index < -0.39 is 17.4 Å². The minimum atomic E-state index is -1.26. The molecule has 1 aromatic heterocycles. The number of aromatic nitrogens is 1. The van der Waals surface area contributed by atoms with Crippen molar-refractivity contribution in [2.24, 2.45) is 11.7 Å². The zero-order chi connectivity index (χ0) is 22.5. The summed E-state index contributed by atoms with van der Waals surface area (Å²) in [5.74, 6) is -1.71. The summed E-state index contributed by atoms with van der Waals surface area (Å²) < 4.78 is 13.3. The van der Waals surface area contributed by atoms with Crippen LogP contribution in [0.15, 0.2) is 42.6 Å². The Kier molecular flexibility index (Phi) is 7.50. The molecular formula is C22H30FN5O2. The summed E-state index contributed by atoms with van der Waals surface area (Å²) in [6.45, 7) is 5.75. The number of nitrogen functional groups attached to an aromatic ring is 1. The molecule has 0 saturated carbocycles. The molecule has 0 aliphatic heterocycles. The third-order valence-corrected chi connectivity index (χ3v) is 5.67. The lowest BCUT2D eigenvalue weighted by Gasteiger charge is -2.43. The zero-order valence-corrected chi connectivity index (χ0v) is 17.9. The number of benzene rings is 1. The summed E-state index contributed by atoms with van der Waals surface area (Å²) in [5.41, 5.74) is 11.7. The Morgan fingerprint density at radius 2 is 1.77 bits per heavy atom. The van der Waals surface area contributed by atoms with Gasteiger partial charge in [-0.2, -0.15) is 0 Å². The van der Waals surface area contributed by atoms with Gasteiger partial charge in [-0.3, -0.25) is 14.5 Å². The minimum Gasteiger partial charge on any atom is -0.384 e. The van der Waals surface area contributed by atoms with Gasteiger partial charge in [-0.1, -0.05) is 18.2 Å². The van der Waals surface area contributed by atoms with Crippen LogP contribution in [-0.2, 0) is 22.6 Å². The second-order valence-corrected chi connectivity index (χ2v) is 7.91. The lowest BCUT2D eigenvalue weighted by Crippen LogP contribution is -2.64. The van der Waals surface area contributed by atoms with Crippen LogP contribution in [0.5, 0.6) is 0 Å². The molecule has 0 radical (unpaired) electrons. The van der Waals surface area contributed by atoms with Crippen molar-refractivity contribution in [2.75, 3.05) is 12.8 Å². The lowest BCUT2D eigenvalue weighted by atomic mass is 9.78. The highest BCUT2D eigenvalue weighted by Crippen LogP contribution is 2.29. The van der Waals surface area contributed by atoms with Gasteiger partial charge in [0, 0.05) is 18.8 Å². The molecule has 30 heavy (non-hydrogen) atoms. The van der Waals surface area contributed by atoms with Crippen molar-refractivity contribution in [2.45, 2.75) is 45.3 Å². The standard InChI is InChI=1S/C22H30FN5O2/c1-14(2)28(4)22(3,21(25)30)18(11-15-5-8-17(23)9-6-15)20(29)27-13-16-7-10-19(24)26-12-16/h5-10,12,14,18H,11,13H2,1-4H3,(H2,24,26)(H2,25,30)(H,27,29)/t18-,22?/m1/s1. The van der Waals surface area contributed by atoms with Gasteiger partial charge in [0.15, 0.2) is 0 Å². The van der Waals surface area contributed by atoms with Crippen molar-refractivity contribution in [1.82, 2.24) is 15.2 Å². The van der Waals surface area contributed by atoms with E-state index in [1.54, 1.807) is 49.3 Å². The first-order chi connectivity index (χ1) is 14.1. The predicted octanol–water partition coefficient (Wildman–Crippen LogP) is 1.86. The van der Waals surface area contributed by atoms with E-state index in [-0.39, 0.29) is 30.7 Å². The first-order valence-electron chi connectivity index (χ1n) is 9.81. The smallest absolute Gasteiger partial charge is 0.238 e. The number of halogens is 1. The van der Waals surface area contributed by atoms with Gasteiger partial charge < -0.3 is 16.8 Å². The number of carbonyl (C=O) groups is 2. The maximum atomic E-state index is 13.3. The Morgan fingerprint density at radius 1 is 1.17 bits per heavy atom. The number of rotatable bonds is 9. The maximum Gasteiger partial charge on any atom is 0.238 e. The summed E-state index contributed by atoms with van der Waals surface area (Å²) in [6, 6.07) is 9.26. The Bertz CT molecular complexity index is 870. The number of hydrogen-bond donors (Lipinski definition) is 3. The highest BCUT2D eigenvalue weighted by Gasteiger charge is 2.47. The van der Waals surface area contributed by atoms with E-state index in [0.29, 0.717) is 5.82 Å². The number of nitrogens with two attached hydrogens (primary N) is 2. The topological polar surface area (TPSA) is 114 Å². The fraction of sp³-hybridized carbons (Fsp3) is 0.409. The Labute approximate surface area is 176 Å². The molecule has 0 fully saturated rings. The number of likely N-dealkylation sites (N-methyl/N-ethyl adjacent to an activating group) is 1. The highest BCUT2D eigenvalue weighted by atomic mass is 19.1. The van der Waals surface area contributed by atoms with Crippen molar-refractivity contribution < 1.29 is 14.0 Å². The molecule has 1 unspecified atom stereocenters. The number of anilines is 1. The fourth-order valence-corrected chi connectivity index (χ4v) is 3.38. The van der Waals surface area contributed by atoms with Crippen LogP contribution in [0.1, 0.15) is 31.9 Å². The number of pyridine rings is 1. The third kappa shape index (κ3) is 5.33. The van der Waals surface area contributed by atoms with Gasteiger partial charge in [0.25, 0.3) is 0 Å². The van der Waals surface area contributed by atoms with Crippen molar-refractivity contribution >= 4 is 17.6 Å². The molecule has 2 amide bonds. The van der Waals surface area contributed by atoms with E-state index in [2.05, 4.69) is 10.3 Å². The number of hydrogen-bond acceptors (Lipinski definition) is 5. The van der Waals surface area contributed by atoms with Gasteiger partial charge in [-0.25, -0.2) is 9.37 Å². The Balaban J connectivity index is 2.35. The quantitative estimate of drug-likeness (QED) is 0.578. The highest BCUT2D eigenvalue weighted by molar-refractivity contribution is 5.92. The molecule has 7 nitrogen and oxygen atoms in total. The molecule has 0 aliphatic rings. The average Bonchev–Trinajstić information content (AvgIpc) is 2.71. The van der Waals surface area contributed by atoms with E-state index in [1.165, 1.54) is 12.1 Å². The van der Waals surface area contributed by atoms with Crippen molar-refractivity contribution in [3.8, 4) is 0 Å². The molecule has 2 rings (SSSR count). The molecule has 0 spiro atoms. The molecule has 8 heteroatoms. The van der Waals surface area contributed by atoms with Crippen LogP contribution in [0.2, 0.25) is 0 Å². The molecule has 162 valence electrons. The van der Waals surface area contributed by atoms with Gasteiger partial charge >= 0.3 is 0 Å². The number of carbonyl (C=O) groups excluding carboxylic acids is 2. The maximum absolute atomic E-state index is 13.3. The zero-order valence-electron chi connectivity index (χ0n) is 17.9. The number of amides is 2. The molecule has 0 aliphatic carbocycles. The molecule has 5 N–H and O–H groups in total. The third-order valence-electron chi connectivity index (χ3n) is 5.67. The lowest BCUT2D eigenvalue weighted by molar-refractivity contribution is -0.142. The van der Waals surface area contributed by atoms with Crippen LogP contribution in [-0.4, -0.2) is 40.3 Å². The van der Waals surface area contributed by atoms with E-state index in [0.717, 1.165) is 11.1 Å². The molecule has 2 aromatic rings. The van der Waals surface area contributed by atoms with Crippen LogP contribution in [0.3, 0.4) is 0 Å². The number of nitrogens with zero attached hydrogens (tertiary/aromatic N) is 2. The minimum absolute atomic E-state index is 0.0349. The second kappa shape index (κ2) is 9.67. The van der Waals surface area contributed by atoms with Crippen molar-refractivity contribution in [1.29, 1.82) is 0 Å². The second-order valence-electron chi connectivity index (χ2n) is 7.91. The Hall–Kier alpha value is -3.00. The van der Waals surface area contributed by atoms with Crippen LogP contribution in [0, 0.1) is 11.7 Å². The van der Waals surface area contributed by atoms with Gasteiger partial charge in [0.05, 0.1) is 5.92 Å². The van der Waals surface area contributed by atoms with Crippen molar-refractivity contribution in [3.63, 3.8) is 0 Å². The number of nitrogens with one attached hydrogen (secondary N) is 1. The Morgan fingerprint density at radius 3 is 2.27 bits per heavy atom. The summed E-state index contributed by atoms with van der Waals surface area (Å²) in [4.78, 5) is 31.7. The van der Waals surface area contributed by atoms with Crippen LogP contribution in [0.25, 0.3) is 0 Å². The summed E-state index contributed by atoms with van der Waals surface area (Å²) >= 11 is 0. The van der Waals surface area contributed by atoms with Crippen molar-refractivity contribution in [3.05, 3.63) is 59.5 Å². The van der Waals surface area contributed by atoms with Crippen LogP contribution < -0.4 is 16.8 Å². The van der Waals surface area contributed by atoms with Gasteiger partial charge in [0.1, 0.15) is 17.2 Å². The molecule has 1 aromatic carbocycles. The largest absolute Gasteiger partial charge is 0.384 e. The fourth-order valence-electron chi connectivity index (χ4n) is 3.38. The van der Waals surface area contributed by atoms with Gasteiger partial charge in [-0.15, -0.1) is 0 Å². The normalized spacial score (nSPS) is 14.4. The molecular weight excluding hydrogens is 385 g/mol. The van der Waals surface area contributed by atoms with Crippen LogP contribution >= 0.6 is 0 Å². The first-order valence-corrected chi connectivity index (χ1v) is 9.81. The molecule has 0 saturated heterocycles. The summed E-state index contributed by atoms with van der Waals surface area (Å²) in [5, 5.41) is 2.88. The molecule has 2 atom stereocenters. The summed E-state index contributed by atoms with van der Waals surface area (Å²) in [7, 11) is 1.77. The van der Waals surface area contributed by atoms with Gasteiger partial charge in [-0.05, 0) is 63.6 Å². The average molecular weight is 416 g/mol. The molecule has 0 bridgehead atoms. The van der Waals surface area contributed by atoms with E-state index in [1.807, 2.05) is 13.8 Å². The van der Waals surface area contributed by atoms with E-state index in [9.17, 15) is 14.0 Å². The predicted molar refractivity (Wildman–Crippen MR) is 115 cm³/mol. The van der Waals surface area contributed by atoms with E-state index >= 15 is 0 Å². The summed E-state index contributed by atoms with van der Waals surface area (Å²) in [6.07, 6.45) is 1.81. The SMILES string of the molecule is CC(C)N(C)C(C)(C(N)=O)[C@H](Cc1ccc(F)cc1)C(=O)NCc1ccc(N)nc1. The monoisotopic (exact) mass is 415 g/mol. The molecule has 1 heterocycles. The van der Waals surface area contributed by atoms with Crippen LogP contribution in [0.4, 0.5) is 10.2 Å². The van der Waals surface area contributed by atoms with Gasteiger partial charge in [0.2, 0.25) is 11.8 Å².